The molecule has 1 unspecified atom stereocenters. The van der Waals surface area contributed by atoms with Crippen molar-refractivity contribution in [1.29, 1.82) is 0 Å². The maximum Gasteiger partial charge on any atom is 0.355 e. The number of aromatic nitrogens is 1. The molecule has 9 nitrogen and oxygen atoms in total. The average Bonchev–Trinajstić information content (AvgIpc) is 3.50. The number of rotatable bonds is 5. The Labute approximate surface area is 223 Å². The lowest BCUT2D eigenvalue weighted by molar-refractivity contribution is -0.171. The van der Waals surface area contributed by atoms with E-state index in [9.17, 15) is 24.9 Å². The van der Waals surface area contributed by atoms with Crippen molar-refractivity contribution >= 4 is 11.9 Å². The van der Waals surface area contributed by atoms with E-state index in [0.717, 1.165) is 0 Å². The van der Waals surface area contributed by atoms with E-state index in [4.69, 9.17) is 14.2 Å². The van der Waals surface area contributed by atoms with E-state index in [-0.39, 0.29) is 30.1 Å². The molecule has 4 N–H and O–H groups in total. The number of H-pyrrole nitrogens is 1. The molecule has 1 aliphatic heterocycles. The zero-order chi connectivity index (χ0) is 27.8. The molecule has 0 radical (unpaired) electrons. The molecule has 0 bridgehead atoms. The highest BCUT2D eigenvalue weighted by Gasteiger charge is 2.51. The summed E-state index contributed by atoms with van der Waals surface area (Å²) in [6, 6.07) is 3.37. The minimum Gasteiger partial charge on any atom is -0.457 e. The molecule has 210 valence electrons. The number of carbonyl (C=O) groups excluding carboxylic acids is 2. The number of hydrogen-bond acceptors (Lipinski definition) is 8. The fourth-order valence-corrected chi connectivity index (χ4v) is 6.54. The topological polar surface area (TPSA) is 138 Å². The molecule has 0 aromatic carbocycles. The Balaban J connectivity index is 1.66. The van der Waals surface area contributed by atoms with Gasteiger partial charge in [0.1, 0.15) is 17.9 Å². The quantitative estimate of drug-likeness (QED) is 0.336. The zero-order valence-corrected chi connectivity index (χ0v) is 22.7. The number of ether oxygens (including phenoxy) is 3. The van der Waals surface area contributed by atoms with Crippen LogP contribution in [0.5, 0.6) is 0 Å². The third-order valence-corrected chi connectivity index (χ3v) is 8.88. The molecule has 0 amide bonds. The van der Waals surface area contributed by atoms with Gasteiger partial charge in [-0.3, -0.25) is 0 Å². The van der Waals surface area contributed by atoms with Gasteiger partial charge in [0.2, 0.25) is 0 Å². The first-order valence-electron chi connectivity index (χ1n) is 13.5. The summed E-state index contributed by atoms with van der Waals surface area (Å²) in [4.78, 5) is 28.5. The summed E-state index contributed by atoms with van der Waals surface area (Å²) in [5, 5.41) is 33.3. The molecule has 11 atom stereocenters. The molecular formula is C29H41NO8. The molecule has 9 heteroatoms. The lowest BCUT2D eigenvalue weighted by Crippen LogP contribution is -2.49. The first-order valence-corrected chi connectivity index (χ1v) is 13.5. The van der Waals surface area contributed by atoms with Gasteiger partial charge in [0.15, 0.2) is 6.10 Å². The van der Waals surface area contributed by atoms with Gasteiger partial charge in [-0.2, -0.15) is 0 Å². The van der Waals surface area contributed by atoms with Crippen molar-refractivity contribution in [2.75, 3.05) is 7.11 Å². The zero-order valence-electron chi connectivity index (χ0n) is 22.7. The van der Waals surface area contributed by atoms with Crippen molar-refractivity contribution in [1.82, 2.24) is 4.98 Å². The summed E-state index contributed by atoms with van der Waals surface area (Å²) in [7, 11) is 1.43. The molecular weight excluding hydrogens is 490 g/mol. The van der Waals surface area contributed by atoms with Gasteiger partial charge in [-0.25, -0.2) is 9.59 Å². The first kappa shape index (κ1) is 28.5. The lowest BCUT2D eigenvalue weighted by atomic mass is 9.65. The standard InChI is InChI=1S/C29H41NO8/c1-15-11-16(2)29(35)14-19(8-9-20(29)12-24(36-5)28(34)37-25(15)18(4)31)21-13-23(32)17(3)26(21)38-27(33)22-7-6-10-30-22/h6-11,15,17-21,23-26,30-32,35H,12-14H2,1-5H3/b16-11+/t15-,17-,18-,19-,20?,21+,23+,24+,25+,26-,29+/m1/s1. The number of esters is 2. The average molecular weight is 532 g/mol. The van der Waals surface area contributed by atoms with Gasteiger partial charge in [-0.05, 0) is 56.7 Å². The molecule has 2 aliphatic carbocycles. The van der Waals surface area contributed by atoms with Crippen molar-refractivity contribution in [3.63, 3.8) is 0 Å². The van der Waals surface area contributed by atoms with Crippen molar-refractivity contribution in [3.05, 3.63) is 47.8 Å². The summed E-state index contributed by atoms with van der Waals surface area (Å²) >= 11 is 0. The number of allylic oxidation sites excluding steroid dienone is 1. The number of hydrogen-bond donors (Lipinski definition) is 4. The SMILES string of the molecule is CO[C@H]1CC2C=C[C@@H]([C@@H]3C[C@H](O)[C@@H](C)[C@H]3OC(=O)c3ccc[nH]3)C[C@]2(O)/C(C)=C/[C@@H](C)[C@@H]([C@@H](C)O)OC1=O. The second-order valence-corrected chi connectivity index (χ2v) is 11.4. The normalized spacial score (nSPS) is 41.9. The van der Waals surface area contributed by atoms with E-state index < -0.39 is 54.0 Å². The summed E-state index contributed by atoms with van der Waals surface area (Å²) in [5.74, 6) is -2.47. The Kier molecular flexibility index (Phi) is 8.52. The van der Waals surface area contributed by atoms with Crippen LogP contribution < -0.4 is 0 Å². The second kappa shape index (κ2) is 11.3. The first-order chi connectivity index (χ1) is 18.0. The van der Waals surface area contributed by atoms with Gasteiger partial charge in [0.25, 0.3) is 0 Å². The van der Waals surface area contributed by atoms with Gasteiger partial charge in [0, 0.05) is 37.0 Å². The molecule has 1 fully saturated rings. The summed E-state index contributed by atoms with van der Waals surface area (Å²) in [6.07, 6.45) is 4.67. The third kappa shape index (κ3) is 5.47. The van der Waals surface area contributed by atoms with Crippen molar-refractivity contribution in [2.45, 2.75) is 83.1 Å². The smallest absolute Gasteiger partial charge is 0.355 e. The Bertz CT molecular complexity index is 1050. The summed E-state index contributed by atoms with van der Waals surface area (Å²) in [5.41, 5.74) is -0.245. The highest BCUT2D eigenvalue weighted by molar-refractivity contribution is 5.87. The Morgan fingerprint density at radius 2 is 2.00 bits per heavy atom. The number of carbonyl (C=O) groups is 2. The predicted molar refractivity (Wildman–Crippen MR) is 139 cm³/mol. The van der Waals surface area contributed by atoms with E-state index >= 15 is 0 Å². The molecule has 1 saturated carbocycles. The highest BCUT2D eigenvalue weighted by Crippen LogP contribution is 2.48. The van der Waals surface area contributed by atoms with Gasteiger partial charge >= 0.3 is 11.9 Å². The van der Waals surface area contributed by atoms with Crippen molar-refractivity contribution in [3.8, 4) is 0 Å². The number of aliphatic hydroxyl groups excluding tert-OH is 2. The van der Waals surface area contributed by atoms with Crippen LogP contribution in [0.2, 0.25) is 0 Å². The number of cyclic esters (lactones) is 1. The largest absolute Gasteiger partial charge is 0.457 e. The van der Waals surface area contributed by atoms with Gasteiger partial charge in [0.05, 0.1) is 17.8 Å². The molecule has 0 spiro atoms. The van der Waals surface area contributed by atoms with Crippen LogP contribution in [-0.4, -0.2) is 75.5 Å². The van der Waals surface area contributed by atoms with E-state index in [1.54, 1.807) is 25.3 Å². The van der Waals surface area contributed by atoms with Gasteiger partial charge in [-0.15, -0.1) is 0 Å². The number of aromatic amines is 1. The number of aliphatic hydroxyl groups is 3. The minimum absolute atomic E-state index is 0.181. The lowest BCUT2D eigenvalue weighted by Gasteiger charge is -2.45. The van der Waals surface area contributed by atoms with Gasteiger partial charge < -0.3 is 34.5 Å². The van der Waals surface area contributed by atoms with Crippen LogP contribution in [0, 0.1) is 29.6 Å². The fraction of sp³-hybridized carbons (Fsp3) is 0.655. The van der Waals surface area contributed by atoms with Crippen molar-refractivity contribution in [2.24, 2.45) is 29.6 Å². The van der Waals surface area contributed by atoms with Crippen LogP contribution >= 0.6 is 0 Å². The minimum atomic E-state index is -1.31. The van der Waals surface area contributed by atoms with Crippen LogP contribution in [-0.2, 0) is 19.0 Å². The monoisotopic (exact) mass is 531 g/mol. The van der Waals surface area contributed by atoms with E-state index in [0.29, 0.717) is 24.1 Å². The molecule has 0 saturated heterocycles. The number of fused-ring (bicyclic) bond motifs is 1. The van der Waals surface area contributed by atoms with E-state index in [1.165, 1.54) is 7.11 Å². The van der Waals surface area contributed by atoms with Crippen molar-refractivity contribution < 1.29 is 39.1 Å². The maximum absolute atomic E-state index is 12.9. The molecule has 4 rings (SSSR count). The van der Waals surface area contributed by atoms with E-state index in [1.807, 2.05) is 39.0 Å². The Hall–Kier alpha value is -2.46. The molecule has 2 heterocycles. The predicted octanol–water partition coefficient (Wildman–Crippen LogP) is 2.77. The second-order valence-electron chi connectivity index (χ2n) is 11.4. The van der Waals surface area contributed by atoms with E-state index in [2.05, 4.69) is 4.98 Å². The summed E-state index contributed by atoms with van der Waals surface area (Å²) in [6.45, 7) is 7.15. The summed E-state index contributed by atoms with van der Waals surface area (Å²) < 4.78 is 17.0. The van der Waals surface area contributed by atoms with Crippen LogP contribution in [0.25, 0.3) is 0 Å². The molecule has 38 heavy (non-hydrogen) atoms. The van der Waals surface area contributed by atoms with Gasteiger partial charge in [-0.1, -0.05) is 32.1 Å². The molecule has 3 aliphatic rings. The molecule has 1 aromatic heterocycles. The molecule has 1 aromatic rings. The Morgan fingerprint density at radius 3 is 2.63 bits per heavy atom. The number of nitrogens with one attached hydrogen (secondary N) is 1. The van der Waals surface area contributed by atoms with Crippen LogP contribution in [0.3, 0.4) is 0 Å². The maximum atomic E-state index is 12.9. The fourth-order valence-electron chi connectivity index (χ4n) is 6.54. The Morgan fingerprint density at radius 1 is 1.26 bits per heavy atom. The highest BCUT2D eigenvalue weighted by atomic mass is 16.6. The van der Waals surface area contributed by atoms with Crippen LogP contribution in [0.4, 0.5) is 0 Å². The third-order valence-electron chi connectivity index (χ3n) is 8.88. The number of methoxy groups -OCH3 is 1. The van der Waals surface area contributed by atoms with Crippen LogP contribution in [0.15, 0.2) is 42.1 Å². The van der Waals surface area contributed by atoms with Crippen LogP contribution in [0.1, 0.15) is 57.4 Å².